The minimum atomic E-state index is -0.471. The van der Waals surface area contributed by atoms with Crippen LogP contribution in [0.4, 0.5) is 0 Å². The number of hydrogen-bond donors (Lipinski definition) is 1. The van der Waals surface area contributed by atoms with Gasteiger partial charge < -0.3 is 19.5 Å². The summed E-state index contributed by atoms with van der Waals surface area (Å²) in [7, 11) is 0. The summed E-state index contributed by atoms with van der Waals surface area (Å²) in [6.45, 7) is 4.17. The standard InChI is InChI=1S/C21H27N5O3/c1-2-29-17-10-4-3-8-15(17)21(28)25-13-7-9-16(25)20(27)22-14-19-24-23-18-11-5-6-12-26(18)19/h3-4,8,10,16H,2,5-7,9,11-14H2,1H3,(H,22,27). The third-order valence-corrected chi connectivity index (χ3v) is 5.59. The lowest BCUT2D eigenvalue weighted by atomic mass is 10.1. The zero-order chi connectivity index (χ0) is 20.2. The quantitative estimate of drug-likeness (QED) is 0.805. The van der Waals surface area contributed by atoms with E-state index in [-0.39, 0.29) is 11.8 Å². The number of para-hydroxylation sites is 1. The van der Waals surface area contributed by atoms with E-state index >= 15 is 0 Å². The maximum absolute atomic E-state index is 13.1. The highest BCUT2D eigenvalue weighted by Gasteiger charge is 2.35. The molecule has 3 heterocycles. The summed E-state index contributed by atoms with van der Waals surface area (Å²) in [6.07, 6.45) is 4.64. The maximum Gasteiger partial charge on any atom is 0.258 e. The molecule has 1 saturated heterocycles. The number of nitrogens with zero attached hydrogens (tertiary/aromatic N) is 4. The SMILES string of the molecule is CCOc1ccccc1C(=O)N1CCCC1C(=O)NCc1nnc2n1CCCC2. The van der Waals surface area contributed by atoms with Crippen LogP contribution in [0, 0.1) is 0 Å². The predicted molar refractivity (Wildman–Crippen MR) is 106 cm³/mol. The van der Waals surface area contributed by atoms with Gasteiger partial charge in [0.2, 0.25) is 5.91 Å². The van der Waals surface area contributed by atoms with Gasteiger partial charge in [0.1, 0.15) is 17.6 Å². The molecule has 4 rings (SSSR count). The number of fused-ring (bicyclic) bond motifs is 1. The van der Waals surface area contributed by atoms with E-state index in [1.165, 1.54) is 0 Å². The Labute approximate surface area is 170 Å². The summed E-state index contributed by atoms with van der Waals surface area (Å²) in [5.74, 6) is 2.03. The molecule has 0 radical (unpaired) electrons. The summed E-state index contributed by atoms with van der Waals surface area (Å²) >= 11 is 0. The van der Waals surface area contributed by atoms with E-state index in [0.717, 1.165) is 43.9 Å². The van der Waals surface area contributed by atoms with E-state index in [9.17, 15) is 9.59 Å². The van der Waals surface area contributed by atoms with Gasteiger partial charge in [0.05, 0.1) is 18.7 Å². The summed E-state index contributed by atoms with van der Waals surface area (Å²) in [6, 6.07) is 6.73. The van der Waals surface area contributed by atoms with Crippen LogP contribution in [0.3, 0.4) is 0 Å². The summed E-state index contributed by atoms with van der Waals surface area (Å²) < 4.78 is 7.69. The number of carbonyl (C=O) groups is 2. The first-order chi connectivity index (χ1) is 14.2. The van der Waals surface area contributed by atoms with Gasteiger partial charge in [-0.15, -0.1) is 10.2 Å². The molecular weight excluding hydrogens is 370 g/mol. The molecule has 2 aliphatic heterocycles. The molecule has 154 valence electrons. The van der Waals surface area contributed by atoms with Crippen molar-refractivity contribution in [1.82, 2.24) is 25.0 Å². The first kappa shape index (κ1) is 19.4. The number of likely N-dealkylation sites (tertiary alicyclic amines) is 1. The molecule has 2 amide bonds. The molecule has 0 aliphatic carbocycles. The number of rotatable bonds is 6. The Morgan fingerprint density at radius 1 is 1.17 bits per heavy atom. The highest BCUT2D eigenvalue weighted by molar-refractivity contribution is 6.00. The van der Waals surface area contributed by atoms with Crippen molar-refractivity contribution < 1.29 is 14.3 Å². The van der Waals surface area contributed by atoms with Crippen molar-refractivity contribution in [3.8, 4) is 5.75 Å². The van der Waals surface area contributed by atoms with Crippen LogP contribution in [0.2, 0.25) is 0 Å². The molecule has 2 aliphatic rings. The van der Waals surface area contributed by atoms with E-state index in [1.807, 2.05) is 19.1 Å². The third kappa shape index (κ3) is 3.97. The average molecular weight is 397 g/mol. The number of benzene rings is 1. The normalized spacial score (nSPS) is 18.4. The predicted octanol–water partition coefficient (Wildman–Crippen LogP) is 1.93. The lowest BCUT2D eigenvalue weighted by molar-refractivity contribution is -0.125. The van der Waals surface area contributed by atoms with Crippen LogP contribution in [0.15, 0.2) is 24.3 Å². The molecule has 1 aromatic heterocycles. The van der Waals surface area contributed by atoms with Crippen molar-refractivity contribution in [2.75, 3.05) is 13.2 Å². The zero-order valence-corrected chi connectivity index (χ0v) is 16.8. The minimum Gasteiger partial charge on any atom is -0.493 e. The highest BCUT2D eigenvalue weighted by Crippen LogP contribution is 2.25. The molecule has 29 heavy (non-hydrogen) atoms. The first-order valence-corrected chi connectivity index (χ1v) is 10.4. The molecule has 1 atom stereocenters. The molecule has 0 saturated carbocycles. The lowest BCUT2D eigenvalue weighted by Gasteiger charge is -2.25. The molecule has 8 heteroatoms. The van der Waals surface area contributed by atoms with E-state index in [4.69, 9.17) is 4.74 Å². The Morgan fingerprint density at radius 2 is 2.03 bits per heavy atom. The second-order valence-electron chi connectivity index (χ2n) is 7.44. The number of aryl methyl sites for hydroxylation is 1. The highest BCUT2D eigenvalue weighted by atomic mass is 16.5. The number of hydrogen-bond acceptors (Lipinski definition) is 5. The van der Waals surface area contributed by atoms with Gasteiger partial charge in [0.15, 0.2) is 5.82 Å². The Bertz CT molecular complexity index is 894. The van der Waals surface area contributed by atoms with E-state index < -0.39 is 6.04 Å². The van der Waals surface area contributed by atoms with E-state index in [0.29, 0.717) is 37.4 Å². The van der Waals surface area contributed by atoms with Gasteiger partial charge >= 0.3 is 0 Å². The second-order valence-corrected chi connectivity index (χ2v) is 7.44. The topological polar surface area (TPSA) is 89.3 Å². The Hall–Kier alpha value is -2.90. The van der Waals surface area contributed by atoms with E-state index in [1.54, 1.807) is 17.0 Å². The van der Waals surface area contributed by atoms with E-state index in [2.05, 4.69) is 20.1 Å². The molecule has 8 nitrogen and oxygen atoms in total. The largest absolute Gasteiger partial charge is 0.493 e. The van der Waals surface area contributed by atoms with Gasteiger partial charge in [-0.2, -0.15) is 0 Å². The molecule has 0 bridgehead atoms. The van der Waals surface area contributed by atoms with Crippen molar-refractivity contribution in [1.29, 1.82) is 0 Å². The van der Waals surface area contributed by atoms with Gasteiger partial charge in [-0.1, -0.05) is 12.1 Å². The van der Waals surface area contributed by atoms with Crippen LogP contribution < -0.4 is 10.1 Å². The Kier molecular flexibility index (Phi) is 5.78. The van der Waals surface area contributed by atoms with Crippen LogP contribution in [-0.2, 0) is 24.3 Å². The first-order valence-electron chi connectivity index (χ1n) is 10.4. The van der Waals surface area contributed by atoms with Crippen LogP contribution in [-0.4, -0.2) is 50.7 Å². The molecule has 1 fully saturated rings. The second kappa shape index (κ2) is 8.63. The van der Waals surface area contributed by atoms with Crippen molar-refractivity contribution >= 4 is 11.8 Å². The van der Waals surface area contributed by atoms with Crippen LogP contribution in [0.25, 0.3) is 0 Å². The number of ether oxygens (including phenoxy) is 1. The number of carbonyl (C=O) groups excluding carboxylic acids is 2. The van der Waals surface area contributed by atoms with Crippen LogP contribution >= 0.6 is 0 Å². The molecule has 1 aromatic carbocycles. The number of amides is 2. The van der Waals surface area contributed by atoms with Gasteiger partial charge in [0, 0.05) is 19.5 Å². The number of nitrogens with one attached hydrogen (secondary N) is 1. The van der Waals surface area contributed by atoms with Crippen molar-refractivity contribution in [2.24, 2.45) is 0 Å². The van der Waals surface area contributed by atoms with Crippen LogP contribution in [0.5, 0.6) is 5.75 Å². The summed E-state index contributed by atoms with van der Waals surface area (Å²) in [5.41, 5.74) is 0.501. The van der Waals surface area contributed by atoms with Gasteiger partial charge in [-0.3, -0.25) is 9.59 Å². The van der Waals surface area contributed by atoms with Gasteiger partial charge in [-0.05, 0) is 44.7 Å². The van der Waals surface area contributed by atoms with Crippen molar-refractivity contribution in [3.63, 3.8) is 0 Å². The fourth-order valence-electron chi connectivity index (χ4n) is 4.15. The zero-order valence-electron chi connectivity index (χ0n) is 16.8. The third-order valence-electron chi connectivity index (χ3n) is 5.59. The summed E-state index contributed by atoms with van der Waals surface area (Å²) in [5, 5.41) is 11.4. The van der Waals surface area contributed by atoms with Crippen LogP contribution in [0.1, 0.15) is 54.6 Å². The fraction of sp³-hybridized carbons (Fsp3) is 0.524. The van der Waals surface area contributed by atoms with Gasteiger partial charge in [0.25, 0.3) is 5.91 Å². The Morgan fingerprint density at radius 3 is 2.90 bits per heavy atom. The molecule has 2 aromatic rings. The van der Waals surface area contributed by atoms with Crippen molar-refractivity contribution in [2.45, 2.75) is 58.2 Å². The number of aromatic nitrogens is 3. The molecular formula is C21H27N5O3. The maximum atomic E-state index is 13.1. The average Bonchev–Trinajstić information content (AvgIpc) is 3.40. The van der Waals surface area contributed by atoms with Crippen molar-refractivity contribution in [3.05, 3.63) is 41.5 Å². The Balaban J connectivity index is 1.43. The molecule has 1 N–H and O–H groups in total. The smallest absolute Gasteiger partial charge is 0.258 e. The fourth-order valence-corrected chi connectivity index (χ4v) is 4.15. The summed E-state index contributed by atoms with van der Waals surface area (Å²) in [4.78, 5) is 27.7. The molecule has 1 unspecified atom stereocenters. The molecule has 0 spiro atoms. The monoisotopic (exact) mass is 397 g/mol. The van der Waals surface area contributed by atoms with Gasteiger partial charge in [-0.25, -0.2) is 0 Å². The minimum absolute atomic E-state index is 0.141. The lowest BCUT2D eigenvalue weighted by Crippen LogP contribution is -2.46.